The Labute approximate surface area is 185 Å². The molecule has 0 spiro atoms. The normalized spacial score (nSPS) is 24.4. The minimum atomic E-state index is -0.187. The zero-order valence-corrected chi connectivity index (χ0v) is 18.2. The second-order valence-corrected chi connectivity index (χ2v) is 8.65. The maximum atomic E-state index is 13.4. The Bertz CT molecular complexity index is 899. The van der Waals surface area contributed by atoms with E-state index in [9.17, 15) is 9.59 Å². The SMILES string of the molecule is CC(=O)Nc1ccccc1NC(=O)C1C[CH]CCN1C1CCCCC1c1ccccc1. The fraction of sp³-hybridized carbons (Fsp3) is 0.423. The van der Waals surface area contributed by atoms with E-state index in [0.29, 0.717) is 23.3 Å². The highest BCUT2D eigenvalue weighted by atomic mass is 16.2. The third-order valence-corrected chi connectivity index (χ3v) is 6.56. The molecule has 31 heavy (non-hydrogen) atoms. The number of carbonyl (C=O) groups excluding carboxylic acids is 2. The van der Waals surface area contributed by atoms with Crippen LogP contribution in [0, 0.1) is 6.42 Å². The first-order valence-electron chi connectivity index (χ1n) is 11.4. The molecule has 2 aromatic rings. The van der Waals surface area contributed by atoms with Crippen molar-refractivity contribution in [3.05, 3.63) is 66.6 Å². The van der Waals surface area contributed by atoms with Crippen LogP contribution >= 0.6 is 0 Å². The van der Waals surface area contributed by atoms with Crippen molar-refractivity contribution in [2.75, 3.05) is 17.2 Å². The van der Waals surface area contributed by atoms with Gasteiger partial charge in [0, 0.05) is 13.0 Å². The first kappa shape index (κ1) is 21.6. The Balaban J connectivity index is 1.54. The Kier molecular flexibility index (Phi) is 7.03. The average Bonchev–Trinajstić information content (AvgIpc) is 2.80. The molecule has 2 aliphatic rings. The quantitative estimate of drug-likeness (QED) is 0.720. The number of nitrogens with zero attached hydrogens (tertiary/aromatic N) is 1. The highest BCUT2D eigenvalue weighted by Gasteiger charge is 2.38. The predicted octanol–water partition coefficient (Wildman–Crippen LogP) is 4.98. The van der Waals surface area contributed by atoms with Crippen LogP contribution < -0.4 is 10.6 Å². The summed E-state index contributed by atoms with van der Waals surface area (Å²) in [5.74, 6) is 0.323. The second kappa shape index (κ2) is 10.1. The Morgan fingerprint density at radius 2 is 1.58 bits per heavy atom. The number of para-hydroxylation sites is 2. The maximum Gasteiger partial charge on any atom is 0.241 e. The summed E-state index contributed by atoms with van der Waals surface area (Å²) < 4.78 is 0. The third kappa shape index (κ3) is 5.16. The summed E-state index contributed by atoms with van der Waals surface area (Å²) in [7, 11) is 0. The van der Waals surface area contributed by atoms with E-state index in [1.807, 2.05) is 24.3 Å². The van der Waals surface area contributed by atoms with Crippen LogP contribution in [0.2, 0.25) is 0 Å². The molecule has 5 nitrogen and oxygen atoms in total. The van der Waals surface area contributed by atoms with Crippen molar-refractivity contribution in [3.63, 3.8) is 0 Å². The zero-order valence-electron chi connectivity index (χ0n) is 18.2. The largest absolute Gasteiger partial charge is 0.325 e. The highest BCUT2D eigenvalue weighted by Crippen LogP contribution is 2.38. The molecule has 163 valence electrons. The molecule has 2 amide bonds. The minimum Gasteiger partial charge on any atom is -0.325 e. The topological polar surface area (TPSA) is 61.4 Å². The average molecular weight is 419 g/mol. The van der Waals surface area contributed by atoms with Crippen molar-refractivity contribution in [2.45, 2.75) is 63.5 Å². The van der Waals surface area contributed by atoms with Crippen LogP contribution in [0.3, 0.4) is 0 Å². The summed E-state index contributed by atoms with van der Waals surface area (Å²) in [5, 5.41) is 5.90. The summed E-state index contributed by atoms with van der Waals surface area (Å²) in [6.07, 6.45) is 8.78. The van der Waals surface area contributed by atoms with Crippen molar-refractivity contribution in [3.8, 4) is 0 Å². The highest BCUT2D eigenvalue weighted by molar-refractivity contribution is 6.00. The Morgan fingerprint density at radius 1 is 0.903 bits per heavy atom. The van der Waals surface area contributed by atoms with E-state index in [2.05, 4.69) is 52.3 Å². The van der Waals surface area contributed by atoms with Crippen LogP contribution in [0.25, 0.3) is 0 Å². The summed E-state index contributed by atoms with van der Waals surface area (Å²) in [4.78, 5) is 27.4. The molecule has 2 aromatic carbocycles. The summed E-state index contributed by atoms with van der Waals surface area (Å²) in [6.45, 7) is 2.39. The van der Waals surface area contributed by atoms with Gasteiger partial charge in [0.15, 0.2) is 0 Å². The van der Waals surface area contributed by atoms with Crippen molar-refractivity contribution in [1.29, 1.82) is 0 Å². The van der Waals surface area contributed by atoms with E-state index in [-0.39, 0.29) is 17.9 Å². The lowest BCUT2D eigenvalue weighted by atomic mass is 9.78. The van der Waals surface area contributed by atoms with Crippen LogP contribution in [-0.4, -0.2) is 35.3 Å². The molecule has 1 saturated carbocycles. The summed E-state index contributed by atoms with van der Waals surface area (Å²) in [5.41, 5.74) is 2.67. The molecule has 5 heteroatoms. The molecule has 3 unspecified atom stereocenters. The molecule has 3 atom stereocenters. The molecule has 2 N–H and O–H groups in total. The van der Waals surface area contributed by atoms with E-state index in [0.717, 1.165) is 25.8 Å². The van der Waals surface area contributed by atoms with E-state index in [1.165, 1.54) is 31.7 Å². The standard InChI is InChI=1S/C26H32N3O2/c1-19(30)27-22-14-6-7-15-23(22)28-26(31)25-17-9-10-18-29(25)24-16-8-5-13-21(24)20-11-3-2-4-12-20/h2-4,6-7,9,11-12,14-15,21,24-25H,5,8,10,13,16-18H2,1H3,(H,27,30)(H,28,31). The molecular weight excluding hydrogens is 386 g/mol. The maximum absolute atomic E-state index is 13.4. The molecule has 4 rings (SSSR count). The van der Waals surface area contributed by atoms with Crippen LogP contribution in [0.4, 0.5) is 11.4 Å². The monoisotopic (exact) mass is 418 g/mol. The number of likely N-dealkylation sites (tertiary alicyclic amines) is 1. The molecule has 0 bridgehead atoms. The van der Waals surface area contributed by atoms with Crippen LogP contribution in [0.15, 0.2) is 54.6 Å². The Hall–Kier alpha value is -2.66. The van der Waals surface area contributed by atoms with E-state index < -0.39 is 0 Å². The van der Waals surface area contributed by atoms with Gasteiger partial charge in [-0.05, 0) is 62.3 Å². The third-order valence-electron chi connectivity index (χ3n) is 6.56. The van der Waals surface area contributed by atoms with Gasteiger partial charge in [0.05, 0.1) is 17.4 Å². The van der Waals surface area contributed by atoms with E-state index >= 15 is 0 Å². The van der Waals surface area contributed by atoms with Crippen molar-refractivity contribution in [1.82, 2.24) is 4.90 Å². The molecule has 1 radical (unpaired) electrons. The van der Waals surface area contributed by atoms with Gasteiger partial charge < -0.3 is 10.6 Å². The second-order valence-electron chi connectivity index (χ2n) is 8.65. The molecule has 2 fully saturated rings. The van der Waals surface area contributed by atoms with Crippen LogP contribution in [-0.2, 0) is 9.59 Å². The van der Waals surface area contributed by atoms with Crippen LogP contribution in [0.1, 0.15) is 56.9 Å². The summed E-state index contributed by atoms with van der Waals surface area (Å²) in [6, 6.07) is 18.4. The number of nitrogens with one attached hydrogen (secondary N) is 2. The number of piperidine rings is 1. The van der Waals surface area contributed by atoms with E-state index in [1.54, 1.807) is 0 Å². The number of anilines is 2. The van der Waals surface area contributed by atoms with Gasteiger partial charge in [-0.25, -0.2) is 0 Å². The van der Waals surface area contributed by atoms with E-state index in [4.69, 9.17) is 0 Å². The minimum absolute atomic E-state index is 0.00568. The first-order valence-corrected chi connectivity index (χ1v) is 11.4. The van der Waals surface area contributed by atoms with Crippen molar-refractivity contribution in [2.24, 2.45) is 0 Å². The van der Waals surface area contributed by atoms with Gasteiger partial charge >= 0.3 is 0 Å². The fourth-order valence-corrected chi connectivity index (χ4v) is 5.17. The molecule has 0 aromatic heterocycles. The van der Waals surface area contributed by atoms with Crippen molar-refractivity contribution < 1.29 is 9.59 Å². The smallest absolute Gasteiger partial charge is 0.241 e. The first-order chi connectivity index (χ1) is 15.1. The van der Waals surface area contributed by atoms with Gasteiger partial charge in [-0.15, -0.1) is 0 Å². The summed E-state index contributed by atoms with van der Waals surface area (Å²) >= 11 is 0. The molecule has 1 aliphatic carbocycles. The van der Waals surface area contributed by atoms with Crippen LogP contribution in [0.5, 0.6) is 0 Å². The number of hydrogen-bond acceptors (Lipinski definition) is 3. The van der Waals surface area contributed by atoms with Gasteiger partial charge in [0.25, 0.3) is 0 Å². The lowest BCUT2D eigenvalue weighted by Gasteiger charge is -2.45. The van der Waals surface area contributed by atoms with Gasteiger partial charge in [-0.1, -0.05) is 55.3 Å². The molecular formula is C26H32N3O2. The molecule has 1 aliphatic heterocycles. The van der Waals surface area contributed by atoms with Gasteiger partial charge in [0.2, 0.25) is 11.8 Å². The molecule has 1 heterocycles. The van der Waals surface area contributed by atoms with Gasteiger partial charge in [-0.3, -0.25) is 14.5 Å². The predicted molar refractivity (Wildman–Crippen MR) is 125 cm³/mol. The van der Waals surface area contributed by atoms with Gasteiger partial charge in [0.1, 0.15) is 0 Å². The fourth-order valence-electron chi connectivity index (χ4n) is 5.17. The van der Waals surface area contributed by atoms with Gasteiger partial charge in [-0.2, -0.15) is 0 Å². The zero-order chi connectivity index (χ0) is 21.6. The number of carbonyl (C=O) groups is 2. The van der Waals surface area contributed by atoms with Crippen molar-refractivity contribution >= 4 is 23.2 Å². The number of benzene rings is 2. The number of amides is 2. The number of rotatable bonds is 5. The Morgan fingerprint density at radius 3 is 2.32 bits per heavy atom. The molecule has 1 saturated heterocycles. The lowest BCUT2D eigenvalue weighted by molar-refractivity contribution is -0.123. The lowest BCUT2D eigenvalue weighted by Crippen LogP contribution is -2.54. The number of hydrogen-bond donors (Lipinski definition) is 2.